The second kappa shape index (κ2) is 6.86. The van der Waals surface area contributed by atoms with Gasteiger partial charge in [-0.05, 0) is 29.1 Å². The average Bonchev–Trinajstić information content (AvgIpc) is 2.56. The Hall–Kier alpha value is -2.58. The fourth-order valence-corrected chi connectivity index (χ4v) is 3.14. The van der Waals surface area contributed by atoms with Crippen molar-refractivity contribution in [3.63, 3.8) is 0 Å². The van der Waals surface area contributed by atoms with Crippen LogP contribution in [-0.4, -0.2) is 12.3 Å². The average molecular weight is 388 g/mol. The van der Waals surface area contributed by atoms with E-state index in [1.807, 2.05) is 0 Å². The number of alkyl halides is 1. The van der Waals surface area contributed by atoms with Crippen molar-refractivity contribution < 1.29 is 35.1 Å². The first-order valence-electron chi connectivity index (χ1n) is 7.64. The molecule has 0 spiro atoms. The molecule has 9 heteroatoms. The third-order valence-electron chi connectivity index (χ3n) is 4.23. The summed E-state index contributed by atoms with van der Waals surface area (Å²) < 4.78 is 112. The van der Waals surface area contributed by atoms with E-state index in [-0.39, 0.29) is 12.1 Å². The van der Waals surface area contributed by atoms with Crippen LogP contribution in [0.4, 0.5) is 35.1 Å². The van der Waals surface area contributed by atoms with Gasteiger partial charge in [0.15, 0.2) is 23.3 Å². The van der Waals surface area contributed by atoms with E-state index in [1.54, 1.807) is 0 Å². The summed E-state index contributed by atoms with van der Waals surface area (Å²) in [6.07, 6.45) is 1.43. The maximum Gasteiger partial charge on any atom is 0.265 e. The van der Waals surface area contributed by atoms with Crippen LogP contribution < -0.4 is 10.9 Å². The van der Waals surface area contributed by atoms with Gasteiger partial charge in [0.25, 0.3) is 6.71 Å². The van der Waals surface area contributed by atoms with Crippen LogP contribution in [0.5, 0.6) is 0 Å². The van der Waals surface area contributed by atoms with Gasteiger partial charge in [-0.3, -0.25) is 0 Å². The summed E-state index contributed by atoms with van der Waals surface area (Å²) in [7, 11) is 0. The quantitative estimate of drug-likeness (QED) is 0.420. The van der Waals surface area contributed by atoms with Gasteiger partial charge in [0, 0.05) is 18.6 Å². The molecular formula is C18H9BF8. The molecule has 1 aliphatic carbocycles. The zero-order valence-corrected chi connectivity index (χ0v) is 13.3. The first kappa shape index (κ1) is 19.2. The zero-order chi connectivity index (χ0) is 19.9. The molecule has 1 atom stereocenters. The number of hydrogen-bond donors (Lipinski definition) is 0. The molecule has 0 bridgehead atoms. The Morgan fingerprint density at radius 3 is 1.67 bits per heavy atom. The standard InChI is InChI=1S/C18H9BF8/c20-9-2-1-3-18(27,8-9)19(12-4-10(21)6-14(23)16(12)25)13-5-11(22)7-15(24)17(13)26/h1-7H,8H2. The molecule has 0 nitrogen and oxygen atoms in total. The molecule has 3 rings (SSSR count). The summed E-state index contributed by atoms with van der Waals surface area (Å²) in [4.78, 5) is 0. The van der Waals surface area contributed by atoms with Gasteiger partial charge in [-0.15, -0.1) is 0 Å². The number of halogens is 8. The van der Waals surface area contributed by atoms with Gasteiger partial charge >= 0.3 is 0 Å². The Bertz CT molecular complexity index is 911. The molecule has 0 aliphatic heterocycles. The molecule has 0 radical (unpaired) electrons. The van der Waals surface area contributed by atoms with Crippen LogP contribution in [0.2, 0.25) is 0 Å². The van der Waals surface area contributed by atoms with Gasteiger partial charge in [-0.25, -0.2) is 35.1 Å². The molecule has 0 saturated carbocycles. The number of rotatable bonds is 3. The molecule has 140 valence electrons. The summed E-state index contributed by atoms with van der Waals surface area (Å²) in [5.41, 5.74) is -5.03. The number of benzene rings is 2. The summed E-state index contributed by atoms with van der Waals surface area (Å²) in [6.45, 7) is -2.26. The van der Waals surface area contributed by atoms with Crippen molar-refractivity contribution in [1.29, 1.82) is 0 Å². The summed E-state index contributed by atoms with van der Waals surface area (Å²) in [5, 5.41) is 0. The number of allylic oxidation sites excluding steroid dienone is 4. The molecule has 0 N–H and O–H groups in total. The monoisotopic (exact) mass is 388 g/mol. The summed E-state index contributed by atoms with van der Waals surface area (Å²) in [6, 6.07) is 1.08. The molecular weight excluding hydrogens is 379 g/mol. The minimum Gasteiger partial charge on any atom is -0.248 e. The minimum atomic E-state index is -2.94. The van der Waals surface area contributed by atoms with Crippen LogP contribution >= 0.6 is 0 Å². The van der Waals surface area contributed by atoms with Crippen LogP contribution in [0.3, 0.4) is 0 Å². The molecule has 0 aromatic heterocycles. The predicted molar refractivity (Wildman–Crippen MR) is 84.4 cm³/mol. The lowest BCUT2D eigenvalue weighted by Crippen LogP contribution is -2.60. The van der Waals surface area contributed by atoms with Crippen molar-refractivity contribution in [2.24, 2.45) is 0 Å². The topological polar surface area (TPSA) is 0 Å². The van der Waals surface area contributed by atoms with Crippen LogP contribution in [0.1, 0.15) is 6.42 Å². The highest BCUT2D eigenvalue weighted by Crippen LogP contribution is 2.31. The summed E-state index contributed by atoms with van der Waals surface area (Å²) >= 11 is 0. The van der Waals surface area contributed by atoms with E-state index in [0.29, 0.717) is 18.2 Å². The van der Waals surface area contributed by atoms with Crippen molar-refractivity contribution >= 4 is 17.6 Å². The SMILES string of the molecule is FC1=CC=CC(F)(B(c2cc(F)cc(F)c2F)c2cc(F)cc(F)c2F)C1. The molecule has 2 aromatic rings. The van der Waals surface area contributed by atoms with Crippen molar-refractivity contribution in [3.05, 3.63) is 83.2 Å². The Labute approximate surface area is 148 Å². The van der Waals surface area contributed by atoms with Crippen molar-refractivity contribution in [2.75, 3.05) is 0 Å². The lowest BCUT2D eigenvalue weighted by molar-refractivity contribution is 0.312. The van der Waals surface area contributed by atoms with E-state index in [1.165, 1.54) is 0 Å². The van der Waals surface area contributed by atoms with Gasteiger partial charge in [0.05, 0.1) is 0 Å². The normalized spacial score (nSPS) is 19.2. The van der Waals surface area contributed by atoms with Crippen LogP contribution in [0.25, 0.3) is 0 Å². The fraction of sp³-hybridized carbons (Fsp3) is 0.111. The highest BCUT2D eigenvalue weighted by Gasteiger charge is 2.48. The molecule has 1 unspecified atom stereocenters. The molecule has 0 saturated heterocycles. The van der Waals surface area contributed by atoms with Crippen LogP contribution in [0.15, 0.2) is 48.3 Å². The minimum absolute atomic E-state index is 0.167. The Morgan fingerprint density at radius 1 is 0.741 bits per heavy atom. The Kier molecular flexibility index (Phi) is 4.88. The van der Waals surface area contributed by atoms with E-state index in [4.69, 9.17) is 0 Å². The van der Waals surface area contributed by atoms with Crippen molar-refractivity contribution in [3.8, 4) is 0 Å². The van der Waals surface area contributed by atoms with E-state index >= 15 is 4.39 Å². The van der Waals surface area contributed by atoms with Crippen molar-refractivity contribution in [1.82, 2.24) is 0 Å². The van der Waals surface area contributed by atoms with E-state index in [0.717, 1.165) is 12.2 Å². The maximum atomic E-state index is 15.6. The summed E-state index contributed by atoms with van der Waals surface area (Å²) in [5.74, 6) is -10.6. The van der Waals surface area contributed by atoms with Gasteiger partial charge in [-0.2, -0.15) is 0 Å². The van der Waals surface area contributed by atoms with E-state index in [2.05, 4.69) is 0 Å². The largest absolute Gasteiger partial charge is 0.265 e. The maximum absolute atomic E-state index is 15.6. The van der Waals surface area contributed by atoms with Gasteiger partial charge in [0.2, 0.25) is 0 Å². The number of hydrogen-bond acceptors (Lipinski definition) is 0. The van der Waals surface area contributed by atoms with Gasteiger partial charge in [-0.1, -0.05) is 12.2 Å². The molecule has 2 aromatic carbocycles. The highest BCUT2D eigenvalue weighted by atomic mass is 19.2. The predicted octanol–water partition coefficient (Wildman–Crippen LogP) is 4.19. The Morgan fingerprint density at radius 2 is 1.22 bits per heavy atom. The Balaban J connectivity index is 2.33. The fourth-order valence-electron chi connectivity index (χ4n) is 3.14. The molecule has 0 fully saturated rings. The second-order valence-corrected chi connectivity index (χ2v) is 6.09. The lowest BCUT2D eigenvalue weighted by atomic mass is 9.31. The third-order valence-corrected chi connectivity index (χ3v) is 4.23. The van der Waals surface area contributed by atoms with Crippen LogP contribution in [-0.2, 0) is 0 Å². The zero-order valence-electron chi connectivity index (χ0n) is 13.3. The first-order chi connectivity index (χ1) is 12.6. The smallest absolute Gasteiger partial charge is 0.248 e. The molecule has 0 heterocycles. The highest BCUT2D eigenvalue weighted by molar-refractivity contribution is 6.88. The van der Waals surface area contributed by atoms with Gasteiger partial charge in [0.1, 0.15) is 23.0 Å². The second-order valence-electron chi connectivity index (χ2n) is 6.09. The van der Waals surface area contributed by atoms with E-state index in [9.17, 15) is 30.7 Å². The van der Waals surface area contributed by atoms with Crippen LogP contribution in [0, 0.1) is 34.9 Å². The third kappa shape index (κ3) is 3.50. The molecule has 27 heavy (non-hydrogen) atoms. The van der Waals surface area contributed by atoms with Crippen molar-refractivity contribution in [2.45, 2.75) is 12.0 Å². The lowest BCUT2D eigenvalue weighted by Gasteiger charge is -2.31. The van der Waals surface area contributed by atoms with Gasteiger partial charge < -0.3 is 0 Å². The molecule has 1 aliphatic rings. The van der Waals surface area contributed by atoms with E-state index < -0.39 is 70.4 Å². The first-order valence-corrected chi connectivity index (χ1v) is 7.64. The molecule has 0 amide bonds.